The van der Waals surface area contributed by atoms with Crippen molar-refractivity contribution in [3.63, 3.8) is 0 Å². The van der Waals surface area contributed by atoms with E-state index < -0.39 is 0 Å². The Balaban J connectivity index is 4.25. The van der Waals surface area contributed by atoms with Crippen molar-refractivity contribution in [1.82, 2.24) is 0 Å². The Morgan fingerprint density at radius 3 is 1.18 bits per heavy atom. The van der Waals surface area contributed by atoms with Gasteiger partial charge in [-0.3, -0.25) is 0 Å². The Bertz CT molecular complexity index is 155. The summed E-state index contributed by atoms with van der Waals surface area (Å²) in [5, 5.41) is 0. The molecule has 2 nitrogen and oxygen atoms in total. The largest absolute Gasteiger partial charge is 0.220 e. The Labute approximate surface area is 69.4 Å². The first kappa shape index (κ1) is 10.4. The van der Waals surface area contributed by atoms with Gasteiger partial charge in [0.05, 0.1) is 17.1 Å². The molecule has 0 N–H and O–H groups in total. The number of rotatable bonds is 0. The maximum atomic E-state index is 4.13. The molecule has 0 atom stereocenters. The van der Waals surface area contributed by atoms with Crippen LogP contribution >= 0.6 is 0 Å². The van der Waals surface area contributed by atoms with Gasteiger partial charge in [-0.15, -0.1) is 0 Å². The lowest BCUT2D eigenvalue weighted by Crippen LogP contribution is -2.11. The van der Waals surface area contributed by atoms with Crippen molar-refractivity contribution in [2.45, 2.75) is 52.6 Å². The van der Waals surface area contributed by atoms with Crippen molar-refractivity contribution in [3.05, 3.63) is 0 Å². The molecule has 0 rings (SSSR count). The van der Waals surface area contributed by atoms with E-state index in [1.165, 1.54) is 0 Å². The average molecular weight is 154 g/mol. The summed E-state index contributed by atoms with van der Waals surface area (Å²) in [4.78, 5) is 8.25. The molecule has 0 spiro atoms. The molecule has 64 valence electrons. The van der Waals surface area contributed by atoms with Crippen LogP contribution in [0.3, 0.4) is 0 Å². The smallest absolute Gasteiger partial charge is 0.0903 e. The highest BCUT2D eigenvalue weighted by molar-refractivity contribution is 5.43. The van der Waals surface area contributed by atoms with E-state index in [0.717, 1.165) is 0 Å². The third-order valence-corrected chi connectivity index (χ3v) is 0.771. The molecule has 2 heteroatoms. The molecule has 0 aromatic carbocycles. The van der Waals surface area contributed by atoms with Crippen molar-refractivity contribution < 1.29 is 0 Å². The van der Waals surface area contributed by atoms with Crippen molar-refractivity contribution in [2.75, 3.05) is 0 Å². The summed E-state index contributed by atoms with van der Waals surface area (Å²) < 4.78 is 0. The molecular formula is C9H18N2. The molecule has 0 aliphatic rings. The van der Waals surface area contributed by atoms with Crippen LogP contribution in [0, 0.1) is 0 Å². The number of hydrogen-bond acceptors (Lipinski definition) is 2. The third kappa shape index (κ3) is 9.38. The van der Waals surface area contributed by atoms with E-state index in [4.69, 9.17) is 0 Å². The summed E-state index contributed by atoms with van der Waals surface area (Å²) in [6, 6.07) is 2.72. The Hall–Kier alpha value is -0.620. The molecule has 0 aromatic heterocycles. The lowest BCUT2D eigenvalue weighted by molar-refractivity contribution is 0.571. The summed E-state index contributed by atoms with van der Waals surface area (Å²) in [6.45, 7) is 12.2. The molecule has 0 fully saturated rings. The Morgan fingerprint density at radius 1 is 0.727 bits per heavy atom. The molecule has 0 radical (unpaired) electrons. The minimum Gasteiger partial charge on any atom is -0.220 e. The maximum Gasteiger partial charge on any atom is 0.0903 e. The van der Waals surface area contributed by atoms with Gasteiger partial charge in [-0.05, 0) is 41.5 Å². The van der Waals surface area contributed by atoms with Gasteiger partial charge in [0.1, 0.15) is 0 Å². The van der Waals surface area contributed by atoms with Gasteiger partial charge in [-0.2, -0.15) is 0 Å². The monoisotopic (exact) mass is 154 g/mol. The van der Waals surface area contributed by atoms with E-state index in [2.05, 4.69) is 16.0 Å². The standard InChI is InChI=1S/C9H18N2/c1-8(2,3)10-7-11-9(4,5)6/h1-6H3. The van der Waals surface area contributed by atoms with E-state index in [1.54, 1.807) is 0 Å². The molecule has 11 heavy (non-hydrogen) atoms. The molecular weight excluding hydrogens is 136 g/mol. The summed E-state index contributed by atoms with van der Waals surface area (Å²) in [7, 11) is 0. The van der Waals surface area contributed by atoms with Crippen LogP contribution in [0.25, 0.3) is 0 Å². The predicted molar refractivity (Wildman–Crippen MR) is 49.4 cm³/mol. The van der Waals surface area contributed by atoms with Crippen LogP contribution in [0.15, 0.2) is 9.98 Å². The van der Waals surface area contributed by atoms with E-state index in [0.29, 0.717) is 0 Å². The first-order valence-electron chi connectivity index (χ1n) is 3.89. The van der Waals surface area contributed by atoms with Crippen LogP contribution in [0.1, 0.15) is 41.5 Å². The second-order valence-corrected chi connectivity index (χ2v) is 4.67. The fraction of sp³-hybridized carbons (Fsp3) is 0.889. The molecule has 0 heterocycles. The third-order valence-electron chi connectivity index (χ3n) is 0.771. The summed E-state index contributed by atoms with van der Waals surface area (Å²) in [6.07, 6.45) is 0. The van der Waals surface area contributed by atoms with Crippen LogP contribution in [0.4, 0.5) is 0 Å². The van der Waals surface area contributed by atoms with Crippen LogP contribution < -0.4 is 0 Å². The average Bonchev–Trinajstić information content (AvgIpc) is 1.55. The summed E-state index contributed by atoms with van der Waals surface area (Å²) in [5.74, 6) is 0. The number of nitrogens with zero attached hydrogens (tertiary/aromatic N) is 2. The van der Waals surface area contributed by atoms with Gasteiger partial charge in [-0.25, -0.2) is 9.98 Å². The maximum absolute atomic E-state index is 4.13. The second-order valence-electron chi connectivity index (χ2n) is 4.67. The molecule has 0 amide bonds. The Morgan fingerprint density at radius 2 is 1.00 bits per heavy atom. The number of aliphatic imine (C=N–C) groups is 2. The lowest BCUT2D eigenvalue weighted by Gasteiger charge is -2.10. The molecule has 0 bridgehead atoms. The first-order valence-corrected chi connectivity index (χ1v) is 3.89. The normalized spacial score (nSPS) is 12.2. The molecule has 0 aliphatic carbocycles. The van der Waals surface area contributed by atoms with Gasteiger partial charge < -0.3 is 0 Å². The SMILES string of the molecule is CC(C)(C)N=C=NC(C)(C)C. The zero-order valence-electron chi connectivity index (χ0n) is 8.39. The number of hydrogen-bond donors (Lipinski definition) is 0. The first-order chi connectivity index (χ1) is 4.71. The van der Waals surface area contributed by atoms with E-state index in [9.17, 15) is 0 Å². The zero-order valence-corrected chi connectivity index (χ0v) is 8.39. The van der Waals surface area contributed by atoms with Crippen LogP contribution in [0.5, 0.6) is 0 Å². The van der Waals surface area contributed by atoms with Crippen LogP contribution in [-0.4, -0.2) is 17.1 Å². The molecule has 0 aliphatic heterocycles. The van der Waals surface area contributed by atoms with Crippen molar-refractivity contribution >= 4 is 6.01 Å². The highest BCUT2D eigenvalue weighted by Crippen LogP contribution is 2.06. The topological polar surface area (TPSA) is 24.7 Å². The van der Waals surface area contributed by atoms with Crippen molar-refractivity contribution in [3.8, 4) is 0 Å². The van der Waals surface area contributed by atoms with Crippen molar-refractivity contribution in [2.24, 2.45) is 9.98 Å². The van der Waals surface area contributed by atoms with Gasteiger partial charge in [0, 0.05) is 0 Å². The highest BCUT2D eigenvalue weighted by atomic mass is 14.9. The zero-order chi connectivity index (χ0) is 9.12. The summed E-state index contributed by atoms with van der Waals surface area (Å²) in [5.41, 5.74) is -0.122. The lowest BCUT2D eigenvalue weighted by atomic mass is 10.1. The second kappa shape index (κ2) is 3.19. The van der Waals surface area contributed by atoms with Crippen LogP contribution in [-0.2, 0) is 0 Å². The quantitative estimate of drug-likeness (QED) is 0.479. The van der Waals surface area contributed by atoms with E-state index in [-0.39, 0.29) is 11.1 Å². The summed E-state index contributed by atoms with van der Waals surface area (Å²) >= 11 is 0. The molecule has 0 saturated carbocycles. The molecule has 0 saturated heterocycles. The highest BCUT2D eigenvalue weighted by Gasteiger charge is 2.07. The van der Waals surface area contributed by atoms with Crippen molar-refractivity contribution in [1.29, 1.82) is 0 Å². The predicted octanol–water partition coefficient (Wildman–Crippen LogP) is 2.76. The fourth-order valence-corrected chi connectivity index (χ4v) is 0.325. The fourth-order valence-electron chi connectivity index (χ4n) is 0.325. The minimum absolute atomic E-state index is 0.0608. The van der Waals surface area contributed by atoms with Gasteiger partial charge in [-0.1, -0.05) is 0 Å². The van der Waals surface area contributed by atoms with Gasteiger partial charge in [0.2, 0.25) is 0 Å². The molecule has 0 aromatic rings. The van der Waals surface area contributed by atoms with E-state index in [1.807, 2.05) is 41.5 Å². The molecule has 0 unspecified atom stereocenters. The minimum atomic E-state index is -0.0608. The van der Waals surface area contributed by atoms with Crippen LogP contribution in [0.2, 0.25) is 0 Å². The van der Waals surface area contributed by atoms with Gasteiger partial charge in [0.15, 0.2) is 0 Å². The Kier molecular flexibility index (Phi) is 3.01. The van der Waals surface area contributed by atoms with Gasteiger partial charge >= 0.3 is 0 Å². The van der Waals surface area contributed by atoms with E-state index >= 15 is 0 Å². The van der Waals surface area contributed by atoms with Gasteiger partial charge in [0.25, 0.3) is 0 Å².